The van der Waals surface area contributed by atoms with Crippen LogP contribution in [0.25, 0.3) is 0 Å². The topological polar surface area (TPSA) is 38.5 Å². The fourth-order valence-electron chi connectivity index (χ4n) is 1.98. The highest BCUT2D eigenvalue weighted by molar-refractivity contribution is 9.10. The molecule has 0 bridgehead atoms. The van der Waals surface area contributed by atoms with Gasteiger partial charge in [0.1, 0.15) is 5.75 Å². The Labute approximate surface area is 122 Å². The molecule has 0 atom stereocenters. The second-order valence-corrected chi connectivity index (χ2v) is 5.33. The standard InChI is InChI=1S/C15H17BrN2O/c1-18(15-9-12(16)6-7-14(15)17)10-11-4-3-5-13(8-11)19-2/h3-9H,10,17H2,1-2H3. The van der Waals surface area contributed by atoms with Crippen LogP contribution >= 0.6 is 15.9 Å². The number of hydrogen-bond donors (Lipinski definition) is 1. The van der Waals surface area contributed by atoms with E-state index >= 15 is 0 Å². The molecule has 0 saturated heterocycles. The summed E-state index contributed by atoms with van der Waals surface area (Å²) in [6.07, 6.45) is 0. The number of ether oxygens (including phenoxy) is 1. The van der Waals surface area contributed by atoms with Gasteiger partial charge in [0.05, 0.1) is 18.5 Å². The van der Waals surface area contributed by atoms with Gasteiger partial charge in [0, 0.05) is 18.1 Å². The predicted octanol–water partition coefficient (Wildman–Crippen LogP) is 3.68. The van der Waals surface area contributed by atoms with Gasteiger partial charge < -0.3 is 15.4 Å². The van der Waals surface area contributed by atoms with Crippen LogP contribution in [0.1, 0.15) is 5.56 Å². The fourth-order valence-corrected chi connectivity index (χ4v) is 2.33. The first kappa shape index (κ1) is 13.7. The van der Waals surface area contributed by atoms with E-state index < -0.39 is 0 Å². The Hall–Kier alpha value is -1.68. The molecule has 0 saturated carbocycles. The van der Waals surface area contributed by atoms with Crippen molar-refractivity contribution in [3.8, 4) is 5.75 Å². The van der Waals surface area contributed by atoms with Crippen molar-refractivity contribution in [1.29, 1.82) is 0 Å². The van der Waals surface area contributed by atoms with Gasteiger partial charge in [0.15, 0.2) is 0 Å². The van der Waals surface area contributed by atoms with E-state index in [2.05, 4.69) is 26.9 Å². The maximum atomic E-state index is 6.01. The van der Waals surface area contributed by atoms with Crippen LogP contribution in [0.5, 0.6) is 5.75 Å². The molecule has 0 aromatic heterocycles. The minimum atomic E-state index is 0.772. The molecule has 0 amide bonds. The molecule has 0 aliphatic rings. The molecule has 0 aliphatic heterocycles. The maximum absolute atomic E-state index is 6.01. The van der Waals surface area contributed by atoms with Gasteiger partial charge in [-0.3, -0.25) is 0 Å². The Morgan fingerprint density at radius 2 is 2.00 bits per heavy atom. The van der Waals surface area contributed by atoms with Crippen molar-refractivity contribution < 1.29 is 4.74 Å². The lowest BCUT2D eigenvalue weighted by molar-refractivity contribution is 0.414. The lowest BCUT2D eigenvalue weighted by Gasteiger charge is -2.21. The Kier molecular flexibility index (Phi) is 4.32. The quantitative estimate of drug-likeness (QED) is 0.873. The van der Waals surface area contributed by atoms with Gasteiger partial charge in [-0.2, -0.15) is 0 Å². The summed E-state index contributed by atoms with van der Waals surface area (Å²) in [6.45, 7) is 0.776. The van der Waals surface area contributed by atoms with Crippen LogP contribution in [0.2, 0.25) is 0 Å². The third kappa shape index (κ3) is 3.41. The lowest BCUT2D eigenvalue weighted by atomic mass is 10.2. The van der Waals surface area contributed by atoms with Gasteiger partial charge in [-0.15, -0.1) is 0 Å². The largest absolute Gasteiger partial charge is 0.497 e. The molecular weight excluding hydrogens is 304 g/mol. The highest BCUT2D eigenvalue weighted by Crippen LogP contribution is 2.27. The van der Waals surface area contributed by atoms with E-state index in [1.165, 1.54) is 5.56 Å². The molecule has 100 valence electrons. The molecule has 19 heavy (non-hydrogen) atoms. The molecular formula is C15H17BrN2O. The molecule has 2 aromatic rings. The molecule has 3 nitrogen and oxygen atoms in total. The monoisotopic (exact) mass is 320 g/mol. The number of rotatable bonds is 4. The molecule has 0 fully saturated rings. The van der Waals surface area contributed by atoms with Crippen LogP contribution in [0.4, 0.5) is 11.4 Å². The minimum Gasteiger partial charge on any atom is -0.497 e. The normalized spacial score (nSPS) is 10.3. The van der Waals surface area contributed by atoms with Crippen molar-refractivity contribution in [2.75, 3.05) is 24.8 Å². The number of hydrogen-bond acceptors (Lipinski definition) is 3. The van der Waals surface area contributed by atoms with E-state index in [9.17, 15) is 0 Å². The summed E-state index contributed by atoms with van der Waals surface area (Å²) >= 11 is 3.47. The first-order chi connectivity index (χ1) is 9.10. The Balaban J connectivity index is 2.20. The fraction of sp³-hybridized carbons (Fsp3) is 0.200. The summed E-state index contributed by atoms with van der Waals surface area (Å²) in [4.78, 5) is 2.12. The van der Waals surface area contributed by atoms with Gasteiger partial charge in [-0.05, 0) is 35.9 Å². The predicted molar refractivity (Wildman–Crippen MR) is 83.7 cm³/mol. The van der Waals surface area contributed by atoms with Gasteiger partial charge in [-0.25, -0.2) is 0 Å². The third-order valence-corrected chi connectivity index (χ3v) is 3.45. The number of anilines is 2. The smallest absolute Gasteiger partial charge is 0.119 e. The van der Waals surface area contributed by atoms with Crippen LogP contribution in [0.15, 0.2) is 46.9 Å². The summed E-state index contributed by atoms with van der Waals surface area (Å²) in [6, 6.07) is 13.9. The van der Waals surface area contributed by atoms with E-state index in [1.54, 1.807) is 7.11 Å². The Bertz CT molecular complexity index is 572. The summed E-state index contributed by atoms with van der Waals surface area (Å²) in [5.41, 5.74) is 8.98. The molecule has 2 aromatic carbocycles. The highest BCUT2D eigenvalue weighted by Gasteiger charge is 2.07. The lowest BCUT2D eigenvalue weighted by Crippen LogP contribution is -2.17. The van der Waals surface area contributed by atoms with Crippen LogP contribution in [0, 0.1) is 0 Å². The highest BCUT2D eigenvalue weighted by atomic mass is 79.9. The maximum Gasteiger partial charge on any atom is 0.119 e. The number of halogens is 1. The zero-order valence-electron chi connectivity index (χ0n) is 11.1. The first-order valence-corrected chi connectivity index (χ1v) is 6.78. The molecule has 4 heteroatoms. The van der Waals surface area contributed by atoms with Gasteiger partial charge in [0.2, 0.25) is 0 Å². The molecule has 0 aliphatic carbocycles. The number of nitrogens with zero attached hydrogens (tertiary/aromatic N) is 1. The van der Waals surface area contributed by atoms with Crippen molar-refractivity contribution >= 4 is 27.3 Å². The van der Waals surface area contributed by atoms with Crippen LogP contribution < -0.4 is 15.4 Å². The van der Waals surface area contributed by atoms with Crippen molar-refractivity contribution in [3.05, 3.63) is 52.5 Å². The van der Waals surface area contributed by atoms with Crippen molar-refractivity contribution in [2.24, 2.45) is 0 Å². The number of nitrogens with two attached hydrogens (primary N) is 1. The number of nitrogen functional groups attached to an aromatic ring is 1. The average Bonchev–Trinajstić information content (AvgIpc) is 2.41. The van der Waals surface area contributed by atoms with Crippen LogP contribution in [-0.2, 0) is 6.54 Å². The van der Waals surface area contributed by atoms with Gasteiger partial charge in [-0.1, -0.05) is 28.1 Å². The Morgan fingerprint density at radius 1 is 1.21 bits per heavy atom. The molecule has 2 rings (SSSR count). The van der Waals surface area contributed by atoms with E-state index in [0.717, 1.165) is 28.1 Å². The third-order valence-electron chi connectivity index (χ3n) is 2.96. The minimum absolute atomic E-state index is 0.772. The SMILES string of the molecule is COc1cccc(CN(C)c2cc(Br)ccc2N)c1. The molecule has 0 radical (unpaired) electrons. The van der Waals surface area contributed by atoms with Crippen molar-refractivity contribution in [2.45, 2.75) is 6.54 Å². The molecule has 2 N–H and O–H groups in total. The first-order valence-electron chi connectivity index (χ1n) is 5.99. The zero-order valence-corrected chi connectivity index (χ0v) is 12.6. The summed E-state index contributed by atoms with van der Waals surface area (Å²) < 4.78 is 6.26. The molecule has 0 spiro atoms. The van der Waals surface area contributed by atoms with Crippen LogP contribution in [-0.4, -0.2) is 14.2 Å². The Morgan fingerprint density at radius 3 is 2.74 bits per heavy atom. The van der Waals surface area contributed by atoms with E-state index in [-0.39, 0.29) is 0 Å². The van der Waals surface area contributed by atoms with Crippen molar-refractivity contribution in [3.63, 3.8) is 0 Å². The second kappa shape index (κ2) is 5.97. The van der Waals surface area contributed by atoms with E-state index in [4.69, 9.17) is 10.5 Å². The van der Waals surface area contributed by atoms with Crippen LogP contribution in [0.3, 0.4) is 0 Å². The number of benzene rings is 2. The second-order valence-electron chi connectivity index (χ2n) is 4.41. The van der Waals surface area contributed by atoms with E-state index in [0.29, 0.717) is 0 Å². The number of methoxy groups -OCH3 is 1. The van der Waals surface area contributed by atoms with Gasteiger partial charge >= 0.3 is 0 Å². The average molecular weight is 321 g/mol. The molecule has 0 unspecified atom stereocenters. The summed E-state index contributed by atoms with van der Waals surface area (Å²) in [7, 11) is 3.70. The summed E-state index contributed by atoms with van der Waals surface area (Å²) in [5, 5.41) is 0. The summed E-state index contributed by atoms with van der Waals surface area (Å²) in [5.74, 6) is 0.869. The van der Waals surface area contributed by atoms with Crippen molar-refractivity contribution in [1.82, 2.24) is 0 Å². The van der Waals surface area contributed by atoms with E-state index in [1.807, 2.05) is 43.4 Å². The zero-order chi connectivity index (χ0) is 13.8. The van der Waals surface area contributed by atoms with Gasteiger partial charge in [0.25, 0.3) is 0 Å². The molecule has 0 heterocycles.